The predicted octanol–water partition coefficient (Wildman–Crippen LogP) is 3.58. The fourth-order valence-electron chi connectivity index (χ4n) is 4.30. The maximum atomic E-state index is 13.5. The van der Waals surface area contributed by atoms with Gasteiger partial charge in [-0.2, -0.15) is 0 Å². The minimum Gasteiger partial charge on any atom is -0.391 e. The third-order valence-electron chi connectivity index (χ3n) is 5.93. The van der Waals surface area contributed by atoms with Gasteiger partial charge in [-0.3, -0.25) is 9.36 Å². The van der Waals surface area contributed by atoms with Crippen LogP contribution in [0.2, 0.25) is 0 Å². The molecule has 0 amide bonds. The molecule has 1 saturated heterocycles. The molecule has 31 heavy (non-hydrogen) atoms. The van der Waals surface area contributed by atoms with Crippen LogP contribution in [0.3, 0.4) is 0 Å². The predicted molar refractivity (Wildman–Crippen MR) is 123 cm³/mol. The SMILES string of the molecule is CSc1cc(Cc2cc3c(=O)n(C4COCCC4O)cnc3c3ccccc23)ccn1. The van der Waals surface area contributed by atoms with Gasteiger partial charge >= 0.3 is 0 Å². The Morgan fingerprint density at radius 2 is 2.00 bits per heavy atom. The summed E-state index contributed by atoms with van der Waals surface area (Å²) in [6.45, 7) is 0.815. The van der Waals surface area contributed by atoms with Crippen LogP contribution < -0.4 is 5.56 Å². The molecule has 2 aromatic carbocycles. The van der Waals surface area contributed by atoms with E-state index in [0.29, 0.717) is 37.0 Å². The van der Waals surface area contributed by atoms with Gasteiger partial charge in [0.2, 0.25) is 0 Å². The first-order valence-electron chi connectivity index (χ1n) is 10.3. The third kappa shape index (κ3) is 3.73. The number of hydrogen-bond acceptors (Lipinski definition) is 6. The minimum atomic E-state index is -0.618. The second-order valence-corrected chi connectivity index (χ2v) is 8.64. The van der Waals surface area contributed by atoms with Gasteiger partial charge in [0.25, 0.3) is 5.56 Å². The molecule has 0 bridgehead atoms. The van der Waals surface area contributed by atoms with Gasteiger partial charge in [-0.1, -0.05) is 24.3 Å². The lowest BCUT2D eigenvalue weighted by molar-refractivity contribution is -0.0303. The van der Waals surface area contributed by atoms with Gasteiger partial charge < -0.3 is 9.84 Å². The van der Waals surface area contributed by atoms with Gasteiger partial charge in [0.05, 0.1) is 41.0 Å². The maximum Gasteiger partial charge on any atom is 0.261 e. The molecule has 1 aliphatic rings. The van der Waals surface area contributed by atoms with E-state index in [-0.39, 0.29) is 5.56 Å². The number of aromatic nitrogens is 3. The van der Waals surface area contributed by atoms with Crippen LogP contribution in [0.25, 0.3) is 21.7 Å². The van der Waals surface area contributed by atoms with Gasteiger partial charge in [0.1, 0.15) is 0 Å². The Kier molecular flexibility index (Phi) is 5.48. The number of benzene rings is 2. The molecule has 3 heterocycles. The third-order valence-corrected chi connectivity index (χ3v) is 6.57. The molecule has 2 aromatic heterocycles. The highest BCUT2D eigenvalue weighted by atomic mass is 32.2. The summed E-state index contributed by atoms with van der Waals surface area (Å²) in [6.07, 6.45) is 5.96. The van der Waals surface area contributed by atoms with Crippen molar-refractivity contribution in [1.82, 2.24) is 14.5 Å². The standard InChI is InChI=1S/C24H23N3O3S/c1-31-22-11-15(6-8-25-22)10-16-12-19-23(18-5-3-2-4-17(16)18)26-14-27(24(19)29)20-13-30-9-7-21(20)28/h2-6,8,11-12,14,20-21,28H,7,9-10,13H2,1H3. The highest BCUT2D eigenvalue weighted by Gasteiger charge is 2.27. The zero-order valence-electron chi connectivity index (χ0n) is 17.2. The van der Waals surface area contributed by atoms with Crippen LogP contribution in [0.15, 0.2) is 64.8 Å². The highest BCUT2D eigenvalue weighted by molar-refractivity contribution is 7.98. The molecule has 4 aromatic rings. The summed E-state index contributed by atoms with van der Waals surface area (Å²) in [5.74, 6) is 0. The number of rotatable bonds is 4. The van der Waals surface area contributed by atoms with Crippen molar-refractivity contribution >= 4 is 33.4 Å². The lowest BCUT2D eigenvalue weighted by atomic mass is 9.96. The number of hydrogen-bond donors (Lipinski definition) is 1. The molecule has 0 saturated carbocycles. The van der Waals surface area contributed by atoms with Crippen molar-refractivity contribution in [3.63, 3.8) is 0 Å². The summed E-state index contributed by atoms with van der Waals surface area (Å²) in [6, 6.07) is 13.7. The van der Waals surface area contributed by atoms with Crippen molar-refractivity contribution in [3.8, 4) is 0 Å². The van der Waals surface area contributed by atoms with Gasteiger partial charge in [-0.25, -0.2) is 9.97 Å². The fourth-order valence-corrected chi connectivity index (χ4v) is 4.74. The van der Waals surface area contributed by atoms with Crippen LogP contribution in [0.5, 0.6) is 0 Å². The maximum absolute atomic E-state index is 13.5. The minimum absolute atomic E-state index is 0.147. The number of thioether (sulfide) groups is 1. The second kappa shape index (κ2) is 8.42. The van der Waals surface area contributed by atoms with E-state index in [1.54, 1.807) is 18.1 Å². The highest BCUT2D eigenvalue weighted by Crippen LogP contribution is 2.29. The molecule has 2 unspecified atom stereocenters. The van der Waals surface area contributed by atoms with Crippen LogP contribution in [0, 0.1) is 0 Å². The first kappa shape index (κ1) is 20.2. The summed E-state index contributed by atoms with van der Waals surface area (Å²) in [4.78, 5) is 22.5. The second-order valence-electron chi connectivity index (χ2n) is 7.82. The van der Waals surface area contributed by atoms with E-state index in [0.717, 1.165) is 26.9 Å². The van der Waals surface area contributed by atoms with Crippen molar-refractivity contribution in [3.05, 3.63) is 76.5 Å². The van der Waals surface area contributed by atoms with Crippen LogP contribution in [-0.4, -0.2) is 45.2 Å². The molecule has 2 atom stereocenters. The lowest BCUT2D eigenvalue weighted by Crippen LogP contribution is -2.39. The van der Waals surface area contributed by atoms with E-state index < -0.39 is 12.1 Å². The van der Waals surface area contributed by atoms with E-state index in [9.17, 15) is 9.90 Å². The summed E-state index contributed by atoms with van der Waals surface area (Å²) in [5.41, 5.74) is 2.75. The zero-order valence-corrected chi connectivity index (χ0v) is 18.0. The average molecular weight is 434 g/mol. The Morgan fingerprint density at radius 3 is 2.81 bits per heavy atom. The molecule has 1 aliphatic heterocycles. The summed E-state index contributed by atoms with van der Waals surface area (Å²) in [7, 11) is 0. The number of nitrogens with zero attached hydrogens (tertiary/aromatic N) is 3. The molecular weight excluding hydrogens is 410 g/mol. The van der Waals surface area contributed by atoms with Crippen molar-refractivity contribution < 1.29 is 9.84 Å². The molecule has 5 rings (SSSR count). The molecular formula is C24H23N3O3S. The van der Waals surface area contributed by atoms with Gasteiger partial charge in [0.15, 0.2) is 0 Å². The molecule has 0 aliphatic carbocycles. The molecule has 1 N–H and O–H groups in total. The zero-order chi connectivity index (χ0) is 21.4. The first-order chi connectivity index (χ1) is 15.2. The largest absolute Gasteiger partial charge is 0.391 e. The van der Waals surface area contributed by atoms with Crippen LogP contribution in [0.4, 0.5) is 0 Å². The number of ether oxygens (including phenoxy) is 1. The smallest absolute Gasteiger partial charge is 0.261 e. The molecule has 7 heteroatoms. The van der Waals surface area contributed by atoms with Crippen LogP contribution in [0.1, 0.15) is 23.6 Å². The Bertz CT molecular complexity index is 1320. The summed E-state index contributed by atoms with van der Waals surface area (Å²) < 4.78 is 7.04. The Labute approximate surface area is 183 Å². The van der Waals surface area contributed by atoms with E-state index >= 15 is 0 Å². The normalized spacial score (nSPS) is 19.2. The van der Waals surface area contributed by atoms with Gasteiger partial charge in [0, 0.05) is 18.2 Å². The molecule has 6 nitrogen and oxygen atoms in total. The fraction of sp³-hybridized carbons (Fsp3) is 0.292. The van der Waals surface area contributed by atoms with Crippen molar-refractivity contribution in [2.75, 3.05) is 19.5 Å². The summed E-state index contributed by atoms with van der Waals surface area (Å²) in [5, 5.41) is 14.0. The van der Waals surface area contributed by atoms with Crippen LogP contribution in [-0.2, 0) is 11.2 Å². The molecule has 158 valence electrons. The van der Waals surface area contributed by atoms with E-state index in [2.05, 4.69) is 22.1 Å². The molecule has 1 fully saturated rings. The Hall–Kier alpha value is -2.74. The van der Waals surface area contributed by atoms with E-state index in [1.165, 1.54) is 4.57 Å². The quantitative estimate of drug-likeness (QED) is 0.392. The number of pyridine rings is 1. The number of fused-ring (bicyclic) bond motifs is 3. The van der Waals surface area contributed by atoms with Gasteiger partial charge in [-0.15, -0.1) is 11.8 Å². The average Bonchev–Trinajstić information content (AvgIpc) is 2.81. The van der Waals surface area contributed by atoms with Crippen molar-refractivity contribution in [1.29, 1.82) is 0 Å². The monoisotopic (exact) mass is 433 g/mol. The first-order valence-corrected chi connectivity index (χ1v) is 11.5. The van der Waals surface area contributed by atoms with Crippen molar-refractivity contribution in [2.24, 2.45) is 0 Å². The molecule has 0 radical (unpaired) electrons. The van der Waals surface area contributed by atoms with Gasteiger partial charge in [-0.05, 0) is 53.8 Å². The number of aliphatic hydroxyl groups excluding tert-OH is 1. The van der Waals surface area contributed by atoms with Crippen LogP contribution >= 0.6 is 11.8 Å². The topological polar surface area (TPSA) is 77.2 Å². The Balaban J connectivity index is 1.69. The lowest BCUT2D eigenvalue weighted by Gasteiger charge is -2.29. The van der Waals surface area contributed by atoms with E-state index in [1.807, 2.05) is 42.8 Å². The van der Waals surface area contributed by atoms with Crippen molar-refractivity contribution in [2.45, 2.75) is 30.0 Å². The number of aliphatic hydroxyl groups is 1. The Morgan fingerprint density at radius 1 is 1.16 bits per heavy atom. The summed E-state index contributed by atoms with van der Waals surface area (Å²) >= 11 is 1.61. The van der Waals surface area contributed by atoms with E-state index in [4.69, 9.17) is 4.74 Å². The molecule has 0 spiro atoms.